The zero-order valence-electron chi connectivity index (χ0n) is 12.2. The standard InChI is InChI=1S/C14H31N3/c1-5-9-15-14-7-6-10-17(12-14)13(2)8-11-16(3)4/h13-15H,5-12H2,1-4H3. The van der Waals surface area contributed by atoms with Gasteiger partial charge in [0.15, 0.2) is 0 Å². The van der Waals surface area contributed by atoms with Crippen molar-refractivity contribution >= 4 is 0 Å². The molecule has 2 atom stereocenters. The quantitative estimate of drug-likeness (QED) is 0.733. The maximum Gasteiger partial charge on any atom is 0.0195 e. The van der Waals surface area contributed by atoms with Crippen LogP contribution in [0.3, 0.4) is 0 Å². The van der Waals surface area contributed by atoms with Crippen LogP contribution in [0.1, 0.15) is 39.5 Å². The zero-order valence-corrected chi connectivity index (χ0v) is 12.2. The topological polar surface area (TPSA) is 18.5 Å². The minimum Gasteiger partial charge on any atom is -0.313 e. The van der Waals surface area contributed by atoms with Crippen LogP contribution >= 0.6 is 0 Å². The lowest BCUT2D eigenvalue weighted by Crippen LogP contribution is -2.49. The van der Waals surface area contributed by atoms with Gasteiger partial charge in [-0.2, -0.15) is 0 Å². The highest BCUT2D eigenvalue weighted by Crippen LogP contribution is 2.15. The van der Waals surface area contributed by atoms with Gasteiger partial charge in [0.05, 0.1) is 0 Å². The van der Waals surface area contributed by atoms with Gasteiger partial charge in [0.2, 0.25) is 0 Å². The average molecular weight is 241 g/mol. The monoisotopic (exact) mass is 241 g/mol. The number of hydrogen-bond acceptors (Lipinski definition) is 3. The number of hydrogen-bond donors (Lipinski definition) is 1. The molecule has 1 N–H and O–H groups in total. The Morgan fingerprint density at radius 3 is 2.82 bits per heavy atom. The molecule has 1 aliphatic heterocycles. The van der Waals surface area contributed by atoms with Gasteiger partial charge in [-0.15, -0.1) is 0 Å². The van der Waals surface area contributed by atoms with Crippen LogP contribution in [0.4, 0.5) is 0 Å². The number of rotatable bonds is 7. The maximum atomic E-state index is 3.67. The first-order valence-electron chi connectivity index (χ1n) is 7.25. The minimum absolute atomic E-state index is 0.726. The predicted molar refractivity (Wildman–Crippen MR) is 75.5 cm³/mol. The molecular weight excluding hydrogens is 210 g/mol. The highest BCUT2D eigenvalue weighted by Gasteiger charge is 2.22. The second-order valence-electron chi connectivity index (χ2n) is 5.73. The van der Waals surface area contributed by atoms with E-state index in [4.69, 9.17) is 0 Å². The minimum atomic E-state index is 0.726. The first-order chi connectivity index (χ1) is 8.13. The van der Waals surface area contributed by atoms with Crippen molar-refractivity contribution in [3.05, 3.63) is 0 Å². The molecule has 0 spiro atoms. The van der Waals surface area contributed by atoms with Crippen LogP contribution in [0.5, 0.6) is 0 Å². The fraction of sp³-hybridized carbons (Fsp3) is 1.00. The molecule has 1 aliphatic rings. The van der Waals surface area contributed by atoms with Gasteiger partial charge in [0, 0.05) is 18.6 Å². The molecular formula is C14H31N3. The highest BCUT2D eigenvalue weighted by molar-refractivity contribution is 4.81. The number of nitrogens with zero attached hydrogens (tertiary/aromatic N) is 2. The van der Waals surface area contributed by atoms with Gasteiger partial charge in [0.25, 0.3) is 0 Å². The number of likely N-dealkylation sites (tertiary alicyclic amines) is 1. The Hall–Kier alpha value is -0.120. The Morgan fingerprint density at radius 2 is 2.18 bits per heavy atom. The fourth-order valence-corrected chi connectivity index (χ4v) is 2.55. The van der Waals surface area contributed by atoms with Crippen LogP contribution in [0.25, 0.3) is 0 Å². The largest absolute Gasteiger partial charge is 0.313 e. The van der Waals surface area contributed by atoms with Crippen molar-refractivity contribution in [1.82, 2.24) is 15.1 Å². The van der Waals surface area contributed by atoms with Crippen molar-refractivity contribution in [3.8, 4) is 0 Å². The molecule has 17 heavy (non-hydrogen) atoms. The second kappa shape index (κ2) is 8.06. The Morgan fingerprint density at radius 1 is 1.41 bits per heavy atom. The molecule has 0 aromatic heterocycles. The summed E-state index contributed by atoms with van der Waals surface area (Å²) in [6.07, 6.45) is 5.24. The average Bonchev–Trinajstić information content (AvgIpc) is 2.33. The van der Waals surface area contributed by atoms with Gasteiger partial charge in [-0.25, -0.2) is 0 Å². The van der Waals surface area contributed by atoms with Crippen LogP contribution in [0.2, 0.25) is 0 Å². The molecule has 0 aliphatic carbocycles. The molecule has 1 saturated heterocycles. The Kier molecular flexibility index (Phi) is 7.09. The molecule has 0 aromatic rings. The van der Waals surface area contributed by atoms with E-state index in [0.717, 1.165) is 12.1 Å². The normalized spacial score (nSPS) is 24.2. The number of piperidine rings is 1. The molecule has 102 valence electrons. The summed E-state index contributed by atoms with van der Waals surface area (Å²) in [4.78, 5) is 4.95. The lowest BCUT2D eigenvalue weighted by Gasteiger charge is -2.37. The summed E-state index contributed by atoms with van der Waals surface area (Å²) in [6.45, 7) is 9.53. The van der Waals surface area contributed by atoms with E-state index in [1.54, 1.807) is 0 Å². The second-order valence-corrected chi connectivity index (χ2v) is 5.73. The molecule has 0 bridgehead atoms. The number of nitrogens with one attached hydrogen (secondary N) is 1. The van der Waals surface area contributed by atoms with Gasteiger partial charge >= 0.3 is 0 Å². The lowest BCUT2D eigenvalue weighted by atomic mass is 10.0. The molecule has 1 heterocycles. The van der Waals surface area contributed by atoms with Crippen molar-refractivity contribution in [1.29, 1.82) is 0 Å². The van der Waals surface area contributed by atoms with E-state index >= 15 is 0 Å². The smallest absolute Gasteiger partial charge is 0.0195 e. The molecule has 1 fully saturated rings. The molecule has 0 amide bonds. The maximum absolute atomic E-state index is 3.67. The van der Waals surface area contributed by atoms with E-state index in [0.29, 0.717) is 0 Å². The van der Waals surface area contributed by atoms with Crippen molar-refractivity contribution in [2.75, 3.05) is 40.3 Å². The predicted octanol–water partition coefficient (Wildman–Crippen LogP) is 1.79. The summed E-state index contributed by atoms with van der Waals surface area (Å²) in [5, 5.41) is 3.67. The third kappa shape index (κ3) is 5.84. The van der Waals surface area contributed by atoms with Crippen LogP contribution in [-0.2, 0) is 0 Å². The van der Waals surface area contributed by atoms with Gasteiger partial charge in [-0.3, -0.25) is 4.90 Å². The first-order valence-corrected chi connectivity index (χ1v) is 7.25. The Bertz CT molecular complexity index is 194. The van der Waals surface area contributed by atoms with Gasteiger partial charge in [-0.05, 0) is 66.3 Å². The van der Waals surface area contributed by atoms with Crippen molar-refractivity contribution in [2.45, 2.75) is 51.6 Å². The van der Waals surface area contributed by atoms with E-state index in [-0.39, 0.29) is 0 Å². The molecule has 0 radical (unpaired) electrons. The van der Waals surface area contributed by atoms with Crippen molar-refractivity contribution in [3.63, 3.8) is 0 Å². The molecule has 0 aromatic carbocycles. The first kappa shape index (κ1) is 14.9. The SMILES string of the molecule is CCCNC1CCCN(C(C)CCN(C)C)C1. The molecule has 0 saturated carbocycles. The van der Waals surface area contributed by atoms with Gasteiger partial charge < -0.3 is 10.2 Å². The van der Waals surface area contributed by atoms with Gasteiger partial charge in [0.1, 0.15) is 0 Å². The van der Waals surface area contributed by atoms with E-state index in [9.17, 15) is 0 Å². The summed E-state index contributed by atoms with van der Waals surface area (Å²) < 4.78 is 0. The Balaban J connectivity index is 2.27. The van der Waals surface area contributed by atoms with Gasteiger partial charge in [-0.1, -0.05) is 6.92 Å². The van der Waals surface area contributed by atoms with E-state index in [2.05, 4.69) is 43.1 Å². The third-order valence-corrected chi connectivity index (χ3v) is 3.75. The lowest BCUT2D eigenvalue weighted by molar-refractivity contribution is 0.134. The third-order valence-electron chi connectivity index (χ3n) is 3.75. The fourth-order valence-electron chi connectivity index (χ4n) is 2.55. The van der Waals surface area contributed by atoms with Crippen LogP contribution in [0, 0.1) is 0 Å². The van der Waals surface area contributed by atoms with Crippen LogP contribution < -0.4 is 5.32 Å². The van der Waals surface area contributed by atoms with Crippen molar-refractivity contribution < 1.29 is 0 Å². The molecule has 3 heteroatoms. The summed E-state index contributed by atoms with van der Waals surface area (Å²) in [6, 6.07) is 1.45. The molecule has 3 nitrogen and oxygen atoms in total. The molecule has 2 unspecified atom stereocenters. The van der Waals surface area contributed by atoms with Crippen LogP contribution in [-0.4, -0.2) is 62.2 Å². The highest BCUT2D eigenvalue weighted by atomic mass is 15.2. The summed E-state index contributed by atoms with van der Waals surface area (Å²) in [5.74, 6) is 0. The zero-order chi connectivity index (χ0) is 12.7. The Labute approximate surface area is 108 Å². The summed E-state index contributed by atoms with van der Waals surface area (Å²) in [5.41, 5.74) is 0. The van der Waals surface area contributed by atoms with E-state index in [1.807, 2.05) is 0 Å². The summed E-state index contributed by atoms with van der Waals surface area (Å²) >= 11 is 0. The van der Waals surface area contributed by atoms with E-state index < -0.39 is 0 Å². The van der Waals surface area contributed by atoms with Crippen molar-refractivity contribution in [2.24, 2.45) is 0 Å². The van der Waals surface area contributed by atoms with Crippen LogP contribution in [0.15, 0.2) is 0 Å². The summed E-state index contributed by atoms with van der Waals surface area (Å²) in [7, 11) is 4.32. The molecule has 1 rings (SSSR count). The van der Waals surface area contributed by atoms with E-state index in [1.165, 1.54) is 51.9 Å².